The number of benzene rings is 2. The molecule has 1 saturated heterocycles. The molecule has 0 spiro atoms. The molecular weight excluding hydrogens is 451 g/mol. The minimum Gasteiger partial charge on any atom is -0.497 e. The molecule has 1 N–H and O–H groups in total. The third-order valence-corrected chi connectivity index (χ3v) is 6.02. The number of amides is 1. The van der Waals surface area contributed by atoms with Crippen molar-refractivity contribution in [2.75, 3.05) is 50.6 Å². The highest BCUT2D eigenvalue weighted by Crippen LogP contribution is 2.21. The smallest absolute Gasteiger partial charge is 0.244 e. The number of carbonyl (C=O) groups is 1. The summed E-state index contributed by atoms with van der Waals surface area (Å²) in [6.45, 7) is 3.78. The van der Waals surface area contributed by atoms with E-state index in [1.54, 1.807) is 23.9 Å². The number of aromatic nitrogens is 1. The Labute approximate surface area is 203 Å². The Hall–Kier alpha value is -3.85. The number of carbonyl (C=O) groups excluding carboxylic acids is 1. The highest BCUT2D eigenvalue weighted by molar-refractivity contribution is 5.90. The lowest BCUT2D eigenvalue weighted by Crippen LogP contribution is -2.46. The van der Waals surface area contributed by atoms with Gasteiger partial charge in [0.15, 0.2) is 5.75 Å². The summed E-state index contributed by atoms with van der Waals surface area (Å²) in [6.07, 6.45) is 1.55. The first-order valence-electron chi connectivity index (χ1n) is 11.4. The van der Waals surface area contributed by atoms with Crippen molar-refractivity contribution in [3.63, 3.8) is 0 Å². The van der Waals surface area contributed by atoms with Crippen LogP contribution in [0.1, 0.15) is 5.69 Å². The zero-order valence-corrected chi connectivity index (χ0v) is 19.9. The number of methoxy groups -OCH3 is 2. The van der Waals surface area contributed by atoms with Gasteiger partial charge in [-0.2, -0.15) is 0 Å². The molecule has 1 fully saturated rings. The normalized spacial score (nSPS) is 14.0. The van der Waals surface area contributed by atoms with Crippen LogP contribution >= 0.6 is 0 Å². The molecule has 0 saturated carbocycles. The van der Waals surface area contributed by atoms with Crippen molar-refractivity contribution < 1.29 is 18.7 Å². The van der Waals surface area contributed by atoms with Crippen LogP contribution in [0.25, 0.3) is 0 Å². The molecule has 0 aliphatic carbocycles. The summed E-state index contributed by atoms with van der Waals surface area (Å²) >= 11 is 0. The molecule has 184 valence electrons. The number of nitrogens with one attached hydrogen (secondary N) is 1. The van der Waals surface area contributed by atoms with Crippen LogP contribution in [0.2, 0.25) is 0 Å². The summed E-state index contributed by atoms with van der Waals surface area (Å²) in [6, 6.07) is 15.2. The largest absolute Gasteiger partial charge is 0.497 e. The van der Waals surface area contributed by atoms with Gasteiger partial charge in [0.25, 0.3) is 0 Å². The maximum absolute atomic E-state index is 13.5. The minimum absolute atomic E-state index is 0.0334. The van der Waals surface area contributed by atoms with E-state index in [0.717, 1.165) is 37.6 Å². The highest BCUT2D eigenvalue weighted by Gasteiger charge is 2.20. The Morgan fingerprint density at radius 1 is 1.00 bits per heavy atom. The van der Waals surface area contributed by atoms with Crippen LogP contribution in [0.3, 0.4) is 0 Å². The number of pyridine rings is 1. The molecule has 0 bridgehead atoms. The van der Waals surface area contributed by atoms with E-state index in [1.165, 1.54) is 31.4 Å². The van der Waals surface area contributed by atoms with E-state index in [2.05, 4.69) is 15.1 Å². The summed E-state index contributed by atoms with van der Waals surface area (Å²) in [4.78, 5) is 29.7. The number of hydrogen-bond acceptors (Lipinski definition) is 6. The number of halogens is 1. The van der Waals surface area contributed by atoms with Crippen molar-refractivity contribution in [3.8, 4) is 11.5 Å². The number of ether oxygens (including phenoxy) is 2. The molecule has 3 aromatic rings. The van der Waals surface area contributed by atoms with Crippen molar-refractivity contribution in [3.05, 3.63) is 82.5 Å². The van der Waals surface area contributed by atoms with Gasteiger partial charge >= 0.3 is 0 Å². The lowest BCUT2D eigenvalue weighted by molar-refractivity contribution is -0.116. The van der Waals surface area contributed by atoms with Crippen LogP contribution in [0.15, 0.2) is 65.6 Å². The first kappa shape index (κ1) is 24.3. The summed E-state index contributed by atoms with van der Waals surface area (Å²) in [7, 11) is 3.07. The maximum atomic E-state index is 13.5. The van der Waals surface area contributed by atoms with Gasteiger partial charge in [0.05, 0.1) is 20.4 Å². The summed E-state index contributed by atoms with van der Waals surface area (Å²) in [5, 5.41) is 2.70. The average Bonchev–Trinajstić information content (AvgIpc) is 2.86. The fraction of sp³-hybridized carbons (Fsp3) is 0.308. The van der Waals surface area contributed by atoms with Gasteiger partial charge in [-0.1, -0.05) is 6.07 Å². The fourth-order valence-corrected chi connectivity index (χ4v) is 4.14. The number of anilines is 2. The number of nitrogens with zero attached hydrogens (tertiary/aromatic N) is 3. The zero-order valence-electron chi connectivity index (χ0n) is 19.9. The van der Waals surface area contributed by atoms with E-state index in [9.17, 15) is 14.0 Å². The highest BCUT2D eigenvalue weighted by atomic mass is 19.1. The first-order chi connectivity index (χ1) is 16.9. The Bertz CT molecular complexity index is 1220. The van der Waals surface area contributed by atoms with E-state index < -0.39 is 5.82 Å². The minimum atomic E-state index is -0.428. The van der Waals surface area contributed by atoms with Crippen molar-refractivity contribution in [1.29, 1.82) is 0 Å². The first-order valence-corrected chi connectivity index (χ1v) is 11.4. The predicted octanol–water partition coefficient (Wildman–Crippen LogP) is 2.97. The Morgan fingerprint density at radius 2 is 1.74 bits per heavy atom. The summed E-state index contributed by atoms with van der Waals surface area (Å²) in [5.41, 5.74) is 1.99. The monoisotopic (exact) mass is 480 g/mol. The SMILES string of the molecule is COc1ccc(N2CCN(Cc3cc(=O)c(OC)cn3CC(=O)Nc3cccc(F)c3)CC2)cc1. The number of piperazine rings is 1. The van der Waals surface area contributed by atoms with Gasteiger partial charge in [0, 0.05) is 55.9 Å². The Kier molecular flexibility index (Phi) is 7.67. The second-order valence-electron chi connectivity index (χ2n) is 8.35. The van der Waals surface area contributed by atoms with Crippen molar-refractivity contribution >= 4 is 17.3 Å². The molecule has 9 heteroatoms. The van der Waals surface area contributed by atoms with Crippen LogP contribution in [-0.4, -0.2) is 55.8 Å². The van der Waals surface area contributed by atoms with Crippen LogP contribution < -0.4 is 25.1 Å². The second-order valence-corrected chi connectivity index (χ2v) is 8.35. The van der Waals surface area contributed by atoms with Gasteiger partial charge in [-0.15, -0.1) is 0 Å². The zero-order chi connectivity index (χ0) is 24.8. The molecule has 0 radical (unpaired) electrons. The van der Waals surface area contributed by atoms with E-state index in [4.69, 9.17) is 9.47 Å². The third-order valence-electron chi connectivity index (χ3n) is 6.02. The number of rotatable bonds is 8. The van der Waals surface area contributed by atoms with Gasteiger partial charge in [-0.05, 0) is 42.5 Å². The lowest BCUT2D eigenvalue weighted by Gasteiger charge is -2.36. The fourth-order valence-electron chi connectivity index (χ4n) is 4.14. The van der Waals surface area contributed by atoms with E-state index in [0.29, 0.717) is 17.9 Å². The molecule has 35 heavy (non-hydrogen) atoms. The predicted molar refractivity (Wildman–Crippen MR) is 133 cm³/mol. The molecule has 1 aromatic heterocycles. The second kappa shape index (κ2) is 11.1. The van der Waals surface area contributed by atoms with Gasteiger partial charge < -0.3 is 24.3 Å². The summed E-state index contributed by atoms with van der Waals surface area (Å²) in [5.74, 6) is 0.233. The molecule has 2 heterocycles. The molecular formula is C26H29FN4O4. The standard InChI is InChI=1S/C26H29FN4O4/c1-34-23-8-6-21(7-9-23)30-12-10-29(11-13-30)16-22-15-24(32)25(35-2)17-31(22)18-26(33)28-20-5-3-4-19(27)14-20/h3-9,14-15,17H,10-13,16,18H2,1-2H3,(H,28,33). The lowest BCUT2D eigenvalue weighted by atomic mass is 10.2. The Morgan fingerprint density at radius 3 is 2.40 bits per heavy atom. The maximum Gasteiger partial charge on any atom is 0.244 e. The van der Waals surface area contributed by atoms with Gasteiger partial charge in [0.1, 0.15) is 18.1 Å². The summed E-state index contributed by atoms with van der Waals surface area (Å²) < 4.78 is 25.6. The Balaban J connectivity index is 1.43. The van der Waals surface area contributed by atoms with Crippen molar-refractivity contribution in [2.45, 2.75) is 13.1 Å². The van der Waals surface area contributed by atoms with Crippen LogP contribution in [0.4, 0.5) is 15.8 Å². The van der Waals surface area contributed by atoms with Crippen LogP contribution in [0, 0.1) is 5.82 Å². The van der Waals surface area contributed by atoms with Crippen molar-refractivity contribution in [1.82, 2.24) is 9.47 Å². The van der Waals surface area contributed by atoms with E-state index in [-0.39, 0.29) is 23.6 Å². The van der Waals surface area contributed by atoms with Gasteiger partial charge in [0.2, 0.25) is 11.3 Å². The van der Waals surface area contributed by atoms with Gasteiger partial charge in [-0.3, -0.25) is 14.5 Å². The van der Waals surface area contributed by atoms with Gasteiger partial charge in [-0.25, -0.2) is 4.39 Å². The van der Waals surface area contributed by atoms with Crippen LogP contribution in [-0.2, 0) is 17.9 Å². The molecule has 1 aliphatic heterocycles. The average molecular weight is 481 g/mol. The van der Waals surface area contributed by atoms with Crippen LogP contribution in [0.5, 0.6) is 11.5 Å². The molecule has 0 atom stereocenters. The number of hydrogen-bond donors (Lipinski definition) is 1. The van der Waals surface area contributed by atoms with E-state index in [1.807, 2.05) is 24.3 Å². The molecule has 4 rings (SSSR count). The quantitative estimate of drug-likeness (QED) is 0.534. The van der Waals surface area contributed by atoms with Crippen molar-refractivity contribution in [2.24, 2.45) is 0 Å². The molecule has 1 amide bonds. The molecule has 0 unspecified atom stereocenters. The third kappa shape index (κ3) is 6.19. The topological polar surface area (TPSA) is 76.0 Å². The molecule has 2 aromatic carbocycles. The molecule has 8 nitrogen and oxygen atoms in total. The van der Waals surface area contributed by atoms with E-state index >= 15 is 0 Å². The molecule has 1 aliphatic rings.